The second kappa shape index (κ2) is 5.19. The van der Waals surface area contributed by atoms with E-state index >= 15 is 0 Å². The molecule has 1 heterocycles. The molecular weight excluding hydrogens is 304 g/mol. The summed E-state index contributed by atoms with van der Waals surface area (Å²) in [6, 6.07) is 12.3. The Morgan fingerprint density at radius 3 is 2.36 bits per heavy atom. The minimum absolute atomic E-state index is 0.0293. The van der Waals surface area contributed by atoms with Crippen LogP contribution in [0, 0.1) is 4.91 Å². The van der Waals surface area contributed by atoms with E-state index in [9.17, 15) is 18.1 Å². The van der Waals surface area contributed by atoms with Crippen LogP contribution in [-0.2, 0) is 10.0 Å². The first-order chi connectivity index (χ1) is 10.6. The molecule has 0 fully saturated rings. The molecule has 2 aromatic carbocycles. The lowest BCUT2D eigenvalue weighted by atomic mass is 10.1. The predicted molar refractivity (Wildman–Crippen MR) is 81.8 cm³/mol. The molecule has 0 saturated carbocycles. The number of aromatic nitrogens is 1. The zero-order valence-electron chi connectivity index (χ0n) is 11.2. The van der Waals surface area contributed by atoms with E-state index in [0.717, 1.165) is 3.97 Å². The third-order valence-electron chi connectivity index (χ3n) is 3.33. The highest BCUT2D eigenvalue weighted by atomic mass is 32.2. The summed E-state index contributed by atoms with van der Waals surface area (Å²) in [6.07, 6.45) is 1.71. The number of nitrogens with zero attached hydrogens (tertiary/aromatic N) is 2. The van der Waals surface area contributed by atoms with Gasteiger partial charge in [-0.3, -0.25) is 4.79 Å². The van der Waals surface area contributed by atoms with Crippen molar-refractivity contribution in [2.75, 3.05) is 0 Å². The van der Waals surface area contributed by atoms with Gasteiger partial charge in [-0.05, 0) is 29.4 Å². The van der Waals surface area contributed by atoms with Crippen LogP contribution in [0.25, 0.3) is 10.9 Å². The van der Waals surface area contributed by atoms with Gasteiger partial charge in [-0.25, -0.2) is 12.4 Å². The van der Waals surface area contributed by atoms with Gasteiger partial charge >= 0.3 is 0 Å². The summed E-state index contributed by atoms with van der Waals surface area (Å²) >= 11 is 0. The van der Waals surface area contributed by atoms with Crippen molar-refractivity contribution < 1.29 is 13.2 Å². The summed E-state index contributed by atoms with van der Waals surface area (Å²) in [6.45, 7) is 0. The van der Waals surface area contributed by atoms with Crippen LogP contribution in [0.4, 0.5) is 5.69 Å². The molecule has 0 aliphatic heterocycles. The Kier molecular flexibility index (Phi) is 3.34. The molecule has 3 aromatic rings. The summed E-state index contributed by atoms with van der Waals surface area (Å²) in [5, 5.41) is 3.09. The van der Waals surface area contributed by atoms with Crippen LogP contribution in [0.1, 0.15) is 10.4 Å². The van der Waals surface area contributed by atoms with E-state index in [1.807, 2.05) is 0 Å². The monoisotopic (exact) mass is 314 g/mol. The maximum absolute atomic E-state index is 12.7. The van der Waals surface area contributed by atoms with E-state index in [2.05, 4.69) is 5.18 Å². The van der Waals surface area contributed by atoms with Gasteiger partial charge in [-0.15, -0.1) is 4.91 Å². The van der Waals surface area contributed by atoms with E-state index in [1.165, 1.54) is 36.5 Å². The molecule has 0 spiro atoms. The van der Waals surface area contributed by atoms with Gasteiger partial charge in [-0.2, -0.15) is 0 Å². The van der Waals surface area contributed by atoms with E-state index in [-0.39, 0.29) is 27.0 Å². The maximum atomic E-state index is 12.7. The molecule has 110 valence electrons. The minimum atomic E-state index is -3.87. The smallest absolute Gasteiger partial charge is 0.268 e. The van der Waals surface area contributed by atoms with Gasteiger partial charge < -0.3 is 0 Å². The number of rotatable bonds is 4. The molecule has 6 nitrogen and oxygen atoms in total. The number of aldehydes is 1. The lowest BCUT2D eigenvalue weighted by Gasteiger charge is -2.07. The van der Waals surface area contributed by atoms with Crippen LogP contribution in [0.15, 0.2) is 64.8 Å². The van der Waals surface area contributed by atoms with Crippen molar-refractivity contribution in [1.29, 1.82) is 0 Å². The Balaban J connectivity index is 2.38. The van der Waals surface area contributed by atoms with Gasteiger partial charge in [0.05, 0.1) is 10.4 Å². The largest absolute Gasteiger partial charge is 0.298 e. The molecule has 0 aliphatic carbocycles. The third-order valence-corrected chi connectivity index (χ3v) is 5.02. The second-order valence-electron chi connectivity index (χ2n) is 4.58. The summed E-state index contributed by atoms with van der Waals surface area (Å²) in [7, 11) is -3.87. The van der Waals surface area contributed by atoms with Gasteiger partial charge in [0.2, 0.25) is 0 Å². The van der Waals surface area contributed by atoms with E-state index in [0.29, 0.717) is 6.29 Å². The topological polar surface area (TPSA) is 85.6 Å². The zero-order valence-corrected chi connectivity index (χ0v) is 12.0. The molecule has 0 amide bonds. The van der Waals surface area contributed by atoms with Crippen LogP contribution in [0.3, 0.4) is 0 Å². The highest BCUT2D eigenvalue weighted by Crippen LogP contribution is 2.32. The van der Waals surface area contributed by atoms with Crippen LogP contribution < -0.4 is 0 Å². The van der Waals surface area contributed by atoms with E-state index in [1.54, 1.807) is 18.2 Å². The number of benzene rings is 2. The number of nitroso groups, excluding NO2 is 1. The lowest BCUT2D eigenvalue weighted by molar-refractivity contribution is 0.112. The normalized spacial score (nSPS) is 11.5. The van der Waals surface area contributed by atoms with Crippen molar-refractivity contribution in [1.82, 2.24) is 3.97 Å². The standard InChI is InChI=1S/C15H10N2O4S/c18-10-11-9-17(14-8-4-7-13(16-19)15(11)14)22(20,21)12-5-2-1-3-6-12/h1-10H. The molecule has 0 radical (unpaired) electrons. The van der Waals surface area contributed by atoms with Crippen LogP contribution in [0.2, 0.25) is 0 Å². The van der Waals surface area contributed by atoms with Crippen molar-refractivity contribution in [3.8, 4) is 0 Å². The average molecular weight is 314 g/mol. The summed E-state index contributed by atoms with van der Waals surface area (Å²) in [4.78, 5) is 22.2. The molecule has 7 heteroatoms. The molecule has 0 aliphatic rings. The van der Waals surface area contributed by atoms with Gasteiger partial charge in [0, 0.05) is 17.1 Å². The molecule has 0 N–H and O–H groups in total. The molecule has 22 heavy (non-hydrogen) atoms. The molecule has 0 atom stereocenters. The number of hydrogen-bond acceptors (Lipinski definition) is 5. The van der Waals surface area contributed by atoms with Crippen molar-refractivity contribution >= 4 is 32.9 Å². The van der Waals surface area contributed by atoms with Gasteiger partial charge in [0.15, 0.2) is 6.29 Å². The number of hydrogen-bond donors (Lipinski definition) is 0. The SMILES string of the molecule is O=Cc1cn(S(=O)(=O)c2ccccc2)c2cccc(N=O)c12. The van der Waals surface area contributed by atoms with Crippen LogP contribution in [0.5, 0.6) is 0 Å². The lowest BCUT2D eigenvalue weighted by Crippen LogP contribution is -2.11. The van der Waals surface area contributed by atoms with Crippen molar-refractivity contribution in [2.24, 2.45) is 5.18 Å². The van der Waals surface area contributed by atoms with Crippen molar-refractivity contribution in [2.45, 2.75) is 4.90 Å². The van der Waals surface area contributed by atoms with E-state index in [4.69, 9.17) is 0 Å². The fourth-order valence-corrected chi connectivity index (χ4v) is 3.73. The van der Waals surface area contributed by atoms with Crippen LogP contribution >= 0.6 is 0 Å². The summed E-state index contributed by atoms with van der Waals surface area (Å²) in [5.74, 6) is 0. The maximum Gasteiger partial charge on any atom is 0.268 e. The third kappa shape index (κ3) is 2.03. The second-order valence-corrected chi connectivity index (χ2v) is 6.39. The highest BCUT2D eigenvalue weighted by Gasteiger charge is 2.22. The Hall–Kier alpha value is -2.80. The summed E-state index contributed by atoms with van der Waals surface area (Å²) in [5.41, 5.74) is 0.370. The van der Waals surface area contributed by atoms with E-state index < -0.39 is 10.0 Å². The number of carbonyl (C=O) groups is 1. The first kappa shape index (κ1) is 14.2. The Morgan fingerprint density at radius 1 is 1.00 bits per heavy atom. The number of fused-ring (bicyclic) bond motifs is 1. The van der Waals surface area contributed by atoms with Gasteiger partial charge in [0.1, 0.15) is 5.69 Å². The van der Waals surface area contributed by atoms with Gasteiger partial charge in [0.25, 0.3) is 10.0 Å². The molecule has 3 rings (SSSR count). The molecule has 0 unspecified atom stereocenters. The molecular formula is C15H10N2O4S. The average Bonchev–Trinajstić information content (AvgIpc) is 2.95. The Bertz CT molecular complexity index is 975. The van der Waals surface area contributed by atoms with Crippen molar-refractivity contribution in [3.63, 3.8) is 0 Å². The highest BCUT2D eigenvalue weighted by molar-refractivity contribution is 7.90. The zero-order chi connectivity index (χ0) is 15.7. The number of carbonyl (C=O) groups excluding carboxylic acids is 1. The van der Waals surface area contributed by atoms with Crippen LogP contribution in [-0.4, -0.2) is 18.7 Å². The quantitative estimate of drug-likeness (QED) is 0.547. The molecule has 1 aromatic heterocycles. The summed E-state index contributed by atoms with van der Waals surface area (Å²) < 4.78 is 26.4. The fraction of sp³-hybridized carbons (Fsp3) is 0. The van der Waals surface area contributed by atoms with Gasteiger partial charge in [-0.1, -0.05) is 24.3 Å². The minimum Gasteiger partial charge on any atom is -0.298 e. The first-order valence-corrected chi connectivity index (χ1v) is 7.77. The Labute approximate surface area is 126 Å². The Morgan fingerprint density at radius 2 is 1.73 bits per heavy atom. The fourth-order valence-electron chi connectivity index (χ4n) is 2.34. The predicted octanol–water partition coefficient (Wildman–Crippen LogP) is 3.09. The molecule has 0 saturated heterocycles. The first-order valence-electron chi connectivity index (χ1n) is 6.33. The van der Waals surface area contributed by atoms with Crippen molar-refractivity contribution in [3.05, 3.63) is 65.2 Å². The molecule has 0 bridgehead atoms.